The zero-order chi connectivity index (χ0) is 14.3. The van der Waals surface area contributed by atoms with E-state index in [9.17, 15) is 13.9 Å². The van der Waals surface area contributed by atoms with E-state index in [1.54, 1.807) is 7.05 Å². The van der Waals surface area contributed by atoms with Crippen molar-refractivity contribution in [1.29, 1.82) is 0 Å². The molecule has 1 unspecified atom stereocenters. The van der Waals surface area contributed by atoms with E-state index in [0.717, 1.165) is 31.0 Å². The van der Waals surface area contributed by atoms with Gasteiger partial charge in [0.1, 0.15) is 5.82 Å². The first-order chi connectivity index (χ1) is 9.00. The Labute approximate surface area is 112 Å². The van der Waals surface area contributed by atoms with E-state index in [1.807, 2.05) is 6.92 Å². The number of unbranched alkanes of at least 4 members (excludes halogenated alkanes) is 1. The van der Waals surface area contributed by atoms with Crippen molar-refractivity contribution in [2.45, 2.75) is 31.7 Å². The predicted molar refractivity (Wildman–Crippen MR) is 70.3 cm³/mol. The molecule has 0 fully saturated rings. The fraction of sp³-hybridized carbons (Fsp3) is 0.571. The standard InChI is InChI=1S/C14H21F2NO2/c1-14(10-18,17-2)7-3-4-8-19-13-9-11(15)5-6-12(13)16/h5-6,9,17-18H,3-4,7-8,10H2,1-2H3. The Morgan fingerprint density at radius 3 is 2.68 bits per heavy atom. The first-order valence-corrected chi connectivity index (χ1v) is 6.38. The van der Waals surface area contributed by atoms with Gasteiger partial charge in [0.05, 0.1) is 13.2 Å². The Hall–Kier alpha value is -1.20. The number of rotatable bonds is 8. The van der Waals surface area contributed by atoms with Crippen molar-refractivity contribution in [3.05, 3.63) is 29.8 Å². The molecule has 0 saturated carbocycles. The second-order valence-corrected chi connectivity index (χ2v) is 4.85. The van der Waals surface area contributed by atoms with Gasteiger partial charge in [0.25, 0.3) is 0 Å². The molecule has 0 amide bonds. The molecule has 5 heteroatoms. The number of nitrogens with one attached hydrogen (secondary N) is 1. The van der Waals surface area contributed by atoms with E-state index in [-0.39, 0.29) is 17.9 Å². The number of benzene rings is 1. The molecule has 1 aromatic rings. The third kappa shape index (κ3) is 5.12. The number of halogens is 2. The molecule has 0 radical (unpaired) electrons. The second-order valence-electron chi connectivity index (χ2n) is 4.85. The van der Waals surface area contributed by atoms with Crippen molar-refractivity contribution < 1.29 is 18.6 Å². The van der Waals surface area contributed by atoms with Gasteiger partial charge in [-0.1, -0.05) is 0 Å². The zero-order valence-corrected chi connectivity index (χ0v) is 11.4. The highest BCUT2D eigenvalue weighted by molar-refractivity contribution is 5.24. The average Bonchev–Trinajstić information content (AvgIpc) is 2.42. The summed E-state index contributed by atoms with van der Waals surface area (Å²) in [6.07, 6.45) is 2.33. The highest BCUT2D eigenvalue weighted by Crippen LogP contribution is 2.19. The number of hydrogen-bond donors (Lipinski definition) is 2. The lowest BCUT2D eigenvalue weighted by molar-refractivity contribution is 0.168. The Morgan fingerprint density at radius 2 is 2.05 bits per heavy atom. The van der Waals surface area contributed by atoms with Gasteiger partial charge in [0.15, 0.2) is 11.6 Å². The van der Waals surface area contributed by atoms with E-state index in [0.29, 0.717) is 13.0 Å². The van der Waals surface area contributed by atoms with Crippen LogP contribution in [0.25, 0.3) is 0 Å². The van der Waals surface area contributed by atoms with E-state index < -0.39 is 11.6 Å². The average molecular weight is 273 g/mol. The Morgan fingerprint density at radius 1 is 1.32 bits per heavy atom. The molecule has 0 spiro atoms. The van der Waals surface area contributed by atoms with Gasteiger partial charge in [0.2, 0.25) is 0 Å². The van der Waals surface area contributed by atoms with Crippen LogP contribution in [0, 0.1) is 11.6 Å². The maximum absolute atomic E-state index is 13.2. The summed E-state index contributed by atoms with van der Waals surface area (Å²) < 4.78 is 31.3. The Bertz CT molecular complexity index is 395. The maximum Gasteiger partial charge on any atom is 0.165 e. The normalized spacial score (nSPS) is 14.2. The van der Waals surface area contributed by atoms with Gasteiger partial charge in [-0.2, -0.15) is 0 Å². The topological polar surface area (TPSA) is 41.5 Å². The number of aliphatic hydroxyl groups excluding tert-OH is 1. The van der Waals surface area contributed by atoms with Crippen LogP contribution in [-0.4, -0.2) is 30.9 Å². The van der Waals surface area contributed by atoms with Gasteiger partial charge in [-0.25, -0.2) is 8.78 Å². The van der Waals surface area contributed by atoms with E-state index in [4.69, 9.17) is 4.74 Å². The fourth-order valence-corrected chi connectivity index (χ4v) is 1.67. The first-order valence-electron chi connectivity index (χ1n) is 6.38. The largest absolute Gasteiger partial charge is 0.490 e. The molecule has 1 aromatic carbocycles. The van der Waals surface area contributed by atoms with Crippen molar-refractivity contribution in [2.75, 3.05) is 20.3 Å². The lowest BCUT2D eigenvalue weighted by Crippen LogP contribution is -2.43. The lowest BCUT2D eigenvalue weighted by Gasteiger charge is -2.26. The molecule has 1 atom stereocenters. The summed E-state index contributed by atoms with van der Waals surface area (Å²) in [7, 11) is 1.80. The molecule has 2 N–H and O–H groups in total. The molecule has 0 heterocycles. The fourth-order valence-electron chi connectivity index (χ4n) is 1.67. The van der Waals surface area contributed by atoms with Gasteiger partial charge in [-0.05, 0) is 45.4 Å². The summed E-state index contributed by atoms with van der Waals surface area (Å²) in [5.41, 5.74) is -0.301. The minimum atomic E-state index is -0.558. The van der Waals surface area contributed by atoms with Crippen LogP contribution in [0.3, 0.4) is 0 Å². The van der Waals surface area contributed by atoms with Crippen LogP contribution >= 0.6 is 0 Å². The van der Waals surface area contributed by atoms with Crippen molar-refractivity contribution in [3.8, 4) is 5.75 Å². The van der Waals surface area contributed by atoms with Gasteiger partial charge < -0.3 is 15.2 Å². The molecule has 3 nitrogen and oxygen atoms in total. The SMILES string of the molecule is CNC(C)(CO)CCCCOc1cc(F)ccc1F. The molecule has 19 heavy (non-hydrogen) atoms. The van der Waals surface area contributed by atoms with Gasteiger partial charge in [-0.3, -0.25) is 0 Å². The molecular formula is C14H21F2NO2. The van der Waals surface area contributed by atoms with Crippen LogP contribution in [0.4, 0.5) is 8.78 Å². The predicted octanol–water partition coefficient (Wildman–Crippen LogP) is 2.48. The third-order valence-corrected chi connectivity index (χ3v) is 3.23. The number of hydrogen-bond acceptors (Lipinski definition) is 3. The summed E-state index contributed by atoms with van der Waals surface area (Å²) in [5, 5.41) is 12.3. The molecule has 0 aliphatic rings. The van der Waals surface area contributed by atoms with Crippen LogP contribution in [0.5, 0.6) is 5.75 Å². The molecule has 108 valence electrons. The van der Waals surface area contributed by atoms with Crippen LogP contribution in [0.2, 0.25) is 0 Å². The van der Waals surface area contributed by atoms with Crippen LogP contribution in [-0.2, 0) is 0 Å². The molecule has 1 rings (SSSR count). The molecule has 0 aliphatic heterocycles. The highest BCUT2D eigenvalue weighted by atomic mass is 19.1. The zero-order valence-electron chi connectivity index (χ0n) is 11.4. The first kappa shape index (κ1) is 15.9. The van der Waals surface area contributed by atoms with E-state index in [1.165, 1.54) is 0 Å². The number of ether oxygens (including phenoxy) is 1. The quantitative estimate of drug-likeness (QED) is 0.715. The summed E-state index contributed by atoms with van der Waals surface area (Å²) in [4.78, 5) is 0. The summed E-state index contributed by atoms with van der Waals surface area (Å²) in [6.45, 7) is 2.31. The molecule has 0 aromatic heterocycles. The smallest absolute Gasteiger partial charge is 0.165 e. The minimum Gasteiger partial charge on any atom is -0.490 e. The maximum atomic E-state index is 13.2. The molecule has 0 saturated heterocycles. The third-order valence-electron chi connectivity index (χ3n) is 3.23. The summed E-state index contributed by atoms with van der Waals surface area (Å²) >= 11 is 0. The molecular weight excluding hydrogens is 252 g/mol. The highest BCUT2D eigenvalue weighted by Gasteiger charge is 2.19. The Kier molecular flexibility index (Phi) is 6.18. The molecule has 0 aliphatic carbocycles. The van der Waals surface area contributed by atoms with Crippen LogP contribution < -0.4 is 10.1 Å². The van der Waals surface area contributed by atoms with Crippen LogP contribution in [0.1, 0.15) is 26.2 Å². The van der Waals surface area contributed by atoms with Crippen molar-refractivity contribution >= 4 is 0 Å². The minimum absolute atomic E-state index is 0.0569. The lowest BCUT2D eigenvalue weighted by atomic mass is 9.96. The van der Waals surface area contributed by atoms with Gasteiger partial charge in [-0.15, -0.1) is 0 Å². The van der Waals surface area contributed by atoms with E-state index >= 15 is 0 Å². The molecule has 0 bridgehead atoms. The Balaban J connectivity index is 2.29. The summed E-state index contributed by atoms with van der Waals surface area (Å²) in [6, 6.07) is 3.15. The van der Waals surface area contributed by atoms with Gasteiger partial charge in [0, 0.05) is 11.6 Å². The second kappa shape index (κ2) is 7.40. The number of aliphatic hydroxyl groups is 1. The summed E-state index contributed by atoms with van der Waals surface area (Å²) in [5.74, 6) is -1.13. The van der Waals surface area contributed by atoms with Crippen molar-refractivity contribution in [1.82, 2.24) is 5.32 Å². The van der Waals surface area contributed by atoms with Gasteiger partial charge >= 0.3 is 0 Å². The van der Waals surface area contributed by atoms with Crippen molar-refractivity contribution in [3.63, 3.8) is 0 Å². The van der Waals surface area contributed by atoms with E-state index in [2.05, 4.69) is 5.32 Å². The monoisotopic (exact) mass is 273 g/mol. The number of likely N-dealkylation sites (N-methyl/N-ethyl adjacent to an activating group) is 1. The van der Waals surface area contributed by atoms with Crippen molar-refractivity contribution in [2.24, 2.45) is 0 Å². The van der Waals surface area contributed by atoms with Crippen LogP contribution in [0.15, 0.2) is 18.2 Å².